The molecule has 1 aliphatic rings. The third-order valence-corrected chi connectivity index (χ3v) is 3.39. The molecular weight excluding hydrogens is 218 g/mol. The van der Waals surface area contributed by atoms with Gasteiger partial charge in [0, 0.05) is 37.2 Å². The summed E-state index contributed by atoms with van der Waals surface area (Å²) in [6.07, 6.45) is 3.78. The molecular formula is C12H15N3O2. The second-order valence-electron chi connectivity index (χ2n) is 4.64. The smallest absolute Gasteiger partial charge is 0.301 e. The van der Waals surface area contributed by atoms with Gasteiger partial charge in [0.05, 0.1) is 6.07 Å². The maximum Gasteiger partial charge on any atom is 0.330 e. The average Bonchev–Trinajstić information content (AvgIpc) is 3.05. The van der Waals surface area contributed by atoms with E-state index in [1.807, 2.05) is 6.92 Å². The van der Waals surface area contributed by atoms with E-state index in [2.05, 4.69) is 6.07 Å². The van der Waals surface area contributed by atoms with Crippen molar-refractivity contribution in [3.8, 4) is 6.07 Å². The van der Waals surface area contributed by atoms with Crippen LogP contribution in [0.25, 0.3) is 0 Å². The third-order valence-electron chi connectivity index (χ3n) is 3.39. The molecule has 1 aromatic rings. The van der Waals surface area contributed by atoms with E-state index in [4.69, 9.17) is 5.26 Å². The van der Waals surface area contributed by atoms with Crippen LogP contribution in [0.4, 0.5) is 0 Å². The number of hydrogen-bond acceptors (Lipinski definition) is 3. The molecule has 0 N–H and O–H groups in total. The highest BCUT2D eigenvalue weighted by Crippen LogP contribution is 2.49. The van der Waals surface area contributed by atoms with Crippen molar-refractivity contribution in [2.75, 3.05) is 0 Å². The van der Waals surface area contributed by atoms with Gasteiger partial charge in [-0.25, -0.2) is 4.79 Å². The summed E-state index contributed by atoms with van der Waals surface area (Å²) >= 11 is 0. The van der Waals surface area contributed by atoms with Crippen LogP contribution in [0.2, 0.25) is 0 Å². The maximum absolute atomic E-state index is 12.0. The number of rotatable bonds is 4. The summed E-state index contributed by atoms with van der Waals surface area (Å²) in [6.45, 7) is 2.78. The zero-order valence-corrected chi connectivity index (χ0v) is 9.85. The van der Waals surface area contributed by atoms with Crippen molar-refractivity contribution < 1.29 is 0 Å². The molecule has 0 bridgehead atoms. The van der Waals surface area contributed by atoms with Gasteiger partial charge in [-0.05, 0) is 19.8 Å². The van der Waals surface area contributed by atoms with E-state index >= 15 is 0 Å². The van der Waals surface area contributed by atoms with Gasteiger partial charge in [-0.15, -0.1) is 0 Å². The van der Waals surface area contributed by atoms with Gasteiger partial charge in [0.25, 0.3) is 5.56 Å². The predicted octanol–water partition coefficient (Wildman–Crippen LogP) is 0.724. The zero-order valence-electron chi connectivity index (χ0n) is 9.85. The van der Waals surface area contributed by atoms with Gasteiger partial charge in [0.1, 0.15) is 0 Å². The molecule has 1 fully saturated rings. The Morgan fingerprint density at radius 1 is 1.47 bits per heavy atom. The summed E-state index contributed by atoms with van der Waals surface area (Å²) in [5.41, 5.74) is -0.682. The Morgan fingerprint density at radius 2 is 2.18 bits per heavy atom. The van der Waals surface area contributed by atoms with Crippen molar-refractivity contribution in [1.82, 2.24) is 9.13 Å². The van der Waals surface area contributed by atoms with Gasteiger partial charge in [-0.1, -0.05) is 0 Å². The Bertz CT molecular complexity index is 573. The lowest BCUT2D eigenvalue weighted by Crippen LogP contribution is -2.40. The topological polar surface area (TPSA) is 67.8 Å². The van der Waals surface area contributed by atoms with E-state index in [1.54, 1.807) is 0 Å². The first-order valence-electron chi connectivity index (χ1n) is 5.79. The first kappa shape index (κ1) is 11.6. The summed E-state index contributed by atoms with van der Waals surface area (Å²) in [5, 5.41) is 8.74. The third kappa shape index (κ3) is 2.16. The highest BCUT2D eigenvalue weighted by atomic mass is 16.2. The fraction of sp³-hybridized carbons (Fsp3) is 0.583. The van der Waals surface area contributed by atoms with Crippen LogP contribution >= 0.6 is 0 Å². The van der Waals surface area contributed by atoms with Gasteiger partial charge in [0.15, 0.2) is 0 Å². The van der Waals surface area contributed by atoms with Gasteiger partial charge >= 0.3 is 5.69 Å². The molecule has 2 rings (SSSR count). The lowest BCUT2D eigenvalue weighted by molar-refractivity contribution is 0.401. The number of nitriles is 1. The lowest BCUT2D eigenvalue weighted by Gasteiger charge is -2.13. The summed E-state index contributed by atoms with van der Waals surface area (Å²) < 4.78 is 2.76. The van der Waals surface area contributed by atoms with Gasteiger partial charge < -0.3 is 4.57 Å². The fourth-order valence-electron chi connectivity index (χ4n) is 2.01. The van der Waals surface area contributed by atoms with Crippen molar-refractivity contribution in [1.29, 1.82) is 5.26 Å². The van der Waals surface area contributed by atoms with E-state index < -0.39 is 0 Å². The van der Waals surface area contributed by atoms with Crippen LogP contribution in [-0.2, 0) is 13.1 Å². The van der Waals surface area contributed by atoms with Gasteiger partial charge in [-0.2, -0.15) is 5.26 Å². The number of aryl methyl sites for hydroxylation is 1. The highest BCUT2D eigenvalue weighted by molar-refractivity contribution is 5.00. The van der Waals surface area contributed by atoms with Crippen LogP contribution in [0, 0.1) is 16.7 Å². The Balaban J connectivity index is 2.37. The molecule has 5 heteroatoms. The molecule has 0 saturated heterocycles. The van der Waals surface area contributed by atoms with E-state index in [-0.39, 0.29) is 16.7 Å². The Kier molecular flexibility index (Phi) is 2.88. The van der Waals surface area contributed by atoms with Crippen molar-refractivity contribution in [3.63, 3.8) is 0 Å². The van der Waals surface area contributed by atoms with E-state index in [0.717, 1.165) is 12.8 Å². The Hall–Kier alpha value is -1.83. The van der Waals surface area contributed by atoms with Crippen LogP contribution in [0.1, 0.15) is 26.2 Å². The number of aromatic nitrogens is 2. The van der Waals surface area contributed by atoms with Crippen molar-refractivity contribution in [3.05, 3.63) is 33.1 Å². The van der Waals surface area contributed by atoms with Crippen molar-refractivity contribution in [2.45, 2.75) is 39.3 Å². The maximum atomic E-state index is 12.0. The summed E-state index contributed by atoms with van der Waals surface area (Å²) in [4.78, 5) is 23.7. The minimum atomic E-state index is -0.274. The molecule has 0 unspecified atom stereocenters. The first-order valence-corrected chi connectivity index (χ1v) is 5.79. The molecule has 0 aliphatic heterocycles. The summed E-state index contributed by atoms with van der Waals surface area (Å²) in [5.74, 6) is 0. The lowest BCUT2D eigenvalue weighted by atomic mass is 10.0. The van der Waals surface area contributed by atoms with Crippen molar-refractivity contribution in [2.24, 2.45) is 5.41 Å². The Labute approximate surface area is 98.9 Å². The standard InChI is InChI=1S/C12H15N3O2/c1-2-14-8-3-10(16)15(11(14)17)9-12(4-5-12)6-7-13/h3,8H,2,4-6,9H2,1H3. The minimum absolute atomic E-state index is 0.134. The molecule has 0 spiro atoms. The normalized spacial score (nSPS) is 16.5. The molecule has 90 valence electrons. The zero-order chi connectivity index (χ0) is 12.5. The molecule has 17 heavy (non-hydrogen) atoms. The van der Waals surface area contributed by atoms with Crippen LogP contribution < -0.4 is 11.2 Å². The van der Waals surface area contributed by atoms with Gasteiger partial charge in [0.2, 0.25) is 0 Å². The van der Waals surface area contributed by atoms with Crippen molar-refractivity contribution >= 4 is 0 Å². The van der Waals surface area contributed by atoms with Crippen LogP contribution in [0.3, 0.4) is 0 Å². The van der Waals surface area contributed by atoms with E-state index in [0.29, 0.717) is 19.5 Å². The van der Waals surface area contributed by atoms with Crippen LogP contribution in [0.5, 0.6) is 0 Å². The quantitative estimate of drug-likeness (QED) is 0.769. The molecule has 5 nitrogen and oxygen atoms in total. The molecule has 0 aromatic carbocycles. The van der Waals surface area contributed by atoms with Gasteiger partial charge in [-0.3, -0.25) is 9.36 Å². The molecule has 1 saturated carbocycles. The van der Waals surface area contributed by atoms with Crippen LogP contribution in [-0.4, -0.2) is 9.13 Å². The molecule has 0 radical (unpaired) electrons. The Morgan fingerprint density at radius 3 is 2.71 bits per heavy atom. The molecule has 1 aliphatic carbocycles. The van der Waals surface area contributed by atoms with E-state index in [9.17, 15) is 9.59 Å². The number of nitrogens with zero attached hydrogens (tertiary/aromatic N) is 3. The highest BCUT2D eigenvalue weighted by Gasteiger charge is 2.43. The van der Waals surface area contributed by atoms with E-state index in [1.165, 1.54) is 21.4 Å². The number of hydrogen-bond donors (Lipinski definition) is 0. The fourth-order valence-corrected chi connectivity index (χ4v) is 2.01. The largest absolute Gasteiger partial charge is 0.330 e. The molecule has 0 amide bonds. The summed E-state index contributed by atoms with van der Waals surface area (Å²) in [7, 11) is 0. The molecule has 1 heterocycles. The second-order valence-corrected chi connectivity index (χ2v) is 4.64. The molecule has 0 atom stereocenters. The minimum Gasteiger partial charge on any atom is -0.301 e. The predicted molar refractivity (Wildman–Crippen MR) is 62.5 cm³/mol. The average molecular weight is 233 g/mol. The first-order chi connectivity index (χ1) is 8.12. The second kappa shape index (κ2) is 4.21. The summed E-state index contributed by atoms with van der Waals surface area (Å²) in [6, 6.07) is 3.54. The van der Waals surface area contributed by atoms with Crippen LogP contribution in [0.15, 0.2) is 21.9 Å². The molecule has 1 aromatic heterocycles. The monoisotopic (exact) mass is 233 g/mol. The SMILES string of the molecule is CCn1ccc(=O)n(CC2(CC#N)CC2)c1=O.